The molecule has 2 amide bonds. The Balaban J connectivity index is 1.90. The number of alkyl halides is 3. The van der Waals surface area contributed by atoms with Gasteiger partial charge in [0.05, 0.1) is 12.7 Å². The summed E-state index contributed by atoms with van der Waals surface area (Å²) in [6, 6.07) is 10.8. The maximum absolute atomic E-state index is 12.4. The molecule has 0 atom stereocenters. The molecular weight excluding hydrogens is 321 g/mol. The van der Waals surface area contributed by atoms with Crippen LogP contribution in [0.4, 0.5) is 23.7 Å². The average Bonchev–Trinajstić information content (AvgIpc) is 2.54. The molecule has 0 heterocycles. The molecule has 0 fully saturated rings. The van der Waals surface area contributed by atoms with Gasteiger partial charge in [0.1, 0.15) is 5.75 Å². The zero-order valence-corrected chi connectivity index (χ0v) is 12.7. The lowest BCUT2D eigenvalue weighted by Crippen LogP contribution is -2.23. The third kappa shape index (κ3) is 5.05. The second-order valence-electron chi connectivity index (χ2n) is 4.78. The van der Waals surface area contributed by atoms with Crippen molar-refractivity contribution >= 4 is 17.8 Å². The van der Waals surface area contributed by atoms with E-state index in [0.717, 1.165) is 17.7 Å². The number of urea groups is 1. The highest BCUT2D eigenvalue weighted by Gasteiger charge is 2.29. The van der Waals surface area contributed by atoms with Crippen molar-refractivity contribution in [2.75, 3.05) is 12.4 Å². The van der Waals surface area contributed by atoms with E-state index in [1.165, 1.54) is 18.3 Å². The predicted molar refractivity (Wildman–Crippen MR) is 85.6 cm³/mol. The molecule has 0 unspecified atom stereocenters. The molecule has 4 nitrogen and oxygen atoms in total. The summed E-state index contributed by atoms with van der Waals surface area (Å²) >= 11 is 0. The number of carbonyl (C=O) groups is 1. The molecule has 126 valence electrons. The van der Waals surface area contributed by atoms with Gasteiger partial charge in [0, 0.05) is 11.9 Å². The van der Waals surface area contributed by atoms with E-state index in [4.69, 9.17) is 4.74 Å². The number of hydrogen-bond donors (Lipinski definition) is 2. The fourth-order valence-electron chi connectivity index (χ4n) is 1.87. The lowest BCUT2D eigenvalue weighted by atomic mass is 10.2. The second kappa shape index (κ2) is 7.54. The van der Waals surface area contributed by atoms with Crippen LogP contribution in [0.5, 0.6) is 5.75 Å². The summed E-state index contributed by atoms with van der Waals surface area (Å²) in [6.07, 6.45) is -1.32. The Labute approximate surface area is 136 Å². The summed E-state index contributed by atoms with van der Waals surface area (Å²) in [7, 11) is 1.55. The molecule has 0 saturated heterocycles. The van der Waals surface area contributed by atoms with E-state index in [-0.39, 0.29) is 5.69 Å². The van der Waals surface area contributed by atoms with E-state index >= 15 is 0 Å². The fraction of sp³-hybridized carbons (Fsp3) is 0.118. The second-order valence-corrected chi connectivity index (χ2v) is 4.78. The van der Waals surface area contributed by atoms with Gasteiger partial charge >= 0.3 is 12.2 Å². The molecule has 2 aromatic carbocycles. The van der Waals surface area contributed by atoms with Gasteiger partial charge in [-0.1, -0.05) is 12.1 Å². The Morgan fingerprint density at radius 2 is 1.83 bits per heavy atom. The molecule has 0 aliphatic heterocycles. The van der Waals surface area contributed by atoms with Crippen molar-refractivity contribution in [1.82, 2.24) is 5.32 Å². The van der Waals surface area contributed by atoms with Crippen molar-refractivity contribution in [2.24, 2.45) is 0 Å². The van der Waals surface area contributed by atoms with E-state index < -0.39 is 17.8 Å². The van der Waals surface area contributed by atoms with Crippen LogP contribution < -0.4 is 15.4 Å². The van der Waals surface area contributed by atoms with Gasteiger partial charge in [0.15, 0.2) is 0 Å². The molecule has 0 aliphatic carbocycles. The number of nitrogens with one attached hydrogen (secondary N) is 2. The van der Waals surface area contributed by atoms with Crippen molar-refractivity contribution in [1.29, 1.82) is 0 Å². The minimum absolute atomic E-state index is 0.260. The molecule has 0 aliphatic rings. The molecule has 0 bridgehead atoms. The number of anilines is 1. The summed E-state index contributed by atoms with van der Waals surface area (Å²) in [5.41, 5.74) is 0.311. The van der Waals surface area contributed by atoms with Gasteiger partial charge < -0.3 is 15.4 Å². The van der Waals surface area contributed by atoms with Crippen LogP contribution in [-0.4, -0.2) is 13.1 Å². The van der Waals surface area contributed by atoms with Crippen LogP contribution in [0.3, 0.4) is 0 Å². The number of ether oxygens (including phenoxy) is 1. The summed E-state index contributed by atoms with van der Waals surface area (Å²) in [6.45, 7) is 0. The molecule has 24 heavy (non-hydrogen) atoms. The summed E-state index contributed by atoms with van der Waals surface area (Å²) in [5.74, 6) is 0.686. The van der Waals surface area contributed by atoms with Gasteiger partial charge in [-0.05, 0) is 48.0 Å². The number of carbonyl (C=O) groups excluding carboxylic acids is 1. The van der Waals surface area contributed by atoms with E-state index in [1.807, 2.05) is 6.07 Å². The molecule has 0 radical (unpaired) electrons. The SMILES string of the molecule is COc1cccc(/C=C/NC(=O)Nc2ccc(C(F)(F)F)cc2)c1. The van der Waals surface area contributed by atoms with Crippen LogP contribution in [0, 0.1) is 0 Å². The molecule has 2 N–H and O–H groups in total. The highest BCUT2D eigenvalue weighted by atomic mass is 19.4. The molecular formula is C17H15F3N2O2. The Morgan fingerprint density at radius 1 is 1.12 bits per heavy atom. The molecule has 0 spiro atoms. The zero-order chi connectivity index (χ0) is 17.6. The van der Waals surface area contributed by atoms with Gasteiger partial charge in [-0.2, -0.15) is 13.2 Å². The largest absolute Gasteiger partial charge is 0.497 e. The van der Waals surface area contributed by atoms with Crippen LogP contribution in [0.25, 0.3) is 6.08 Å². The summed E-state index contributed by atoms with van der Waals surface area (Å²) in [4.78, 5) is 11.7. The van der Waals surface area contributed by atoms with Gasteiger partial charge in [-0.25, -0.2) is 4.79 Å². The molecule has 2 aromatic rings. The monoisotopic (exact) mass is 336 g/mol. The first-order valence-electron chi connectivity index (χ1n) is 6.94. The smallest absolute Gasteiger partial charge is 0.416 e. The first-order chi connectivity index (χ1) is 11.4. The number of halogens is 3. The topological polar surface area (TPSA) is 50.4 Å². The van der Waals surface area contributed by atoms with Crippen LogP contribution in [0.15, 0.2) is 54.7 Å². The lowest BCUT2D eigenvalue weighted by molar-refractivity contribution is -0.137. The van der Waals surface area contributed by atoms with E-state index in [1.54, 1.807) is 31.4 Å². The van der Waals surface area contributed by atoms with Gasteiger partial charge in [0.25, 0.3) is 0 Å². The van der Waals surface area contributed by atoms with Crippen LogP contribution in [0.1, 0.15) is 11.1 Å². The standard InChI is InChI=1S/C17H15F3N2O2/c1-24-15-4-2-3-12(11-15)9-10-21-16(23)22-14-7-5-13(6-8-14)17(18,19)20/h2-11H,1H3,(H2,21,22,23)/b10-9+. The summed E-state index contributed by atoms with van der Waals surface area (Å²) in [5, 5.41) is 4.90. The lowest BCUT2D eigenvalue weighted by Gasteiger charge is -2.08. The van der Waals surface area contributed by atoms with Crippen molar-refractivity contribution in [3.63, 3.8) is 0 Å². The van der Waals surface area contributed by atoms with Crippen LogP contribution >= 0.6 is 0 Å². The highest BCUT2D eigenvalue weighted by Crippen LogP contribution is 2.29. The Morgan fingerprint density at radius 3 is 2.46 bits per heavy atom. The number of benzene rings is 2. The predicted octanol–water partition coefficient (Wildman–Crippen LogP) is 4.51. The molecule has 7 heteroatoms. The number of hydrogen-bond acceptors (Lipinski definition) is 2. The van der Waals surface area contributed by atoms with E-state index in [0.29, 0.717) is 5.75 Å². The normalized spacial score (nSPS) is 11.3. The Kier molecular flexibility index (Phi) is 5.47. The number of amides is 2. The Hall–Kier alpha value is -2.96. The third-order valence-electron chi connectivity index (χ3n) is 3.05. The van der Waals surface area contributed by atoms with Crippen molar-refractivity contribution < 1.29 is 22.7 Å². The highest BCUT2D eigenvalue weighted by molar-refractivity contribution is 5.90. The number of methoxy groups -OCH3 is 1. The molecule has 0 saturated carbocycles. The quantitative estimate of drug-likeness (QED) is 0.863. The Bertz CT molecular complexity index is 725. The maximum atomic E-state index is 12.4. The molecule has 0 aromatic heterocycles. The van der Waals surface area contributed by atoms with Gasteiger partial charge in [-0.15, -0.1) is 0 Å². The van der Waals surface area contributed by atoms with Gasteiger partial charge in [0.2, 0.25) is 0 Å². The minimum atomic E-state index is -4.40. The fourth-order valence-corrected chi connectivity index (χ4v) is 1.87. The van der Waals surface area contributed by atoms with Crippen molar-refractivity contribution in [3.8, 4) is 5.75 Å². The maximum Gasteiger partial charge on any atom is 0.416 e. The van der Waals surface area contributed by atoms with Crippen LogP contribution in [-0.2, 0) is 6.18 Å². The summed E-state index contributed by atoms with van der Waals surface area (Å²) < 4.78 is 42.4. The van der Waals surface area contributed by atoms with E-state index in [9.17, 15) is 18.0 Å². The molecule has 2 rings (SSSR count). The minimum Gasteiger partial charge on any atom is -0.497 e. The van der Waals surface area contributed by atoms with E-state index in [2.05, 4.69) is 10.6 Å². The number of rotatable bonds is 4. The zero-order valence-electron chi connectivity index (χ0n) is 12.7. The van der Waals surface area contributed by atoms with Gasteiger partial charge in [-0.3, -0.25) is 0 Å². The van der Waals surface area contributed by atoms with Crippen molar-refractivity contribution in [3.05, 3.63) is 65.9 Å². The average molecular weight is 336 g/mol. The van der Waals surface area contributed by atoms with Crippen molar-refractivity contribution in [2.45, 2.75) is 6.18 Å². The first kappa shape index (κ1) is 17.4. The third-order valence-corrected chi connectivity index (χ3v) is 3.05. The first-order valence-corrected chi connectivity index (χ1v) is 6.94. The van der Waals surface area contributed by atoms with Crippen LogP contribution in [0.2, 0.25) is 0 Å².